The van der Waals surface area contributed by atoms with Gasteiger partial charge in [-0.25, -0.2) is 0 Å². The van der Waals surface area contributed by atoms with Gasteiger partial charge in [-0.15, -0.1) is 0 Å². The summed E-state index contributed by atoms with van der Waals surface area (Å²) in [6, 6.07) is 22.9. The predicted octanol–water partition coefficient (Wildman–Crippen LogP) is 5.51. The van der Waals surface area contributed by atoms with E-state index in [2.05, 4.69) is 6.07 Å². The van der Waals surface area contributed by atoms with Crippen LogP contribution in [0.5, 0.6) is 5.75 Å². The summed E-state index contributed by atoms with van der Waals surface area (Å²) in [7, 11) is 1.58. The highest BCUT2D eigenvalue weighted by molar-refractivity contribution is 5.85. The molecule has 1 N–H and O–H groups in total. The molecule has 3 aromatic carbocycles. The number of aliphatic carboxylic acids is 1. The zero-order valence-electron chi connectivity index (χ0n) is 17.7. The van der Waals surface area contributed by atoms with Crippen molar-refractivity contribution in [3.63, 3.8) is 0 Å². The van der Waals surface area contributed by atoms with E-state index in [1.807, 2.05) is 60.7 Å². The molecule has 0 spiro atoms. The van der Waals surface area contributed by atoms with Gasteiger partial charge in [-0.1, -0.05) is 36.4 Å². The minimum absolute atomic E-state index is 0.400. The lowest BCUT2D eigenvalue weighted by molar-refractivity contribution is -0.138. The van der Waals surface area contributed by atoms with Gasteiger partial charge in [-0.05, 0) is 59.9 Å². The van der Waals surface area contributed by atoms with Crippen LogP contribution in [0.2, 0.25) is 0 Å². The number of carboxylic acid groups (broad SMARTS) is 1. The Morgan fingerprint density at radius 3 is 2.62 bits per heavy atom. The lowest BCUT2D eigenvalue weighted by atomic mass is 9.87. The van der Waals surface area contributed by atoms with Crippen LogP contribution in [-0.2, 0) is 24.1 Å². The number of ether oxygens (including phenoxy) is 1. The second-order valence-electron chi connectivity index (χ2n) is 7.72. The van der Waals surface area contributed by atoms with Crippen molar-refractivity contribution in [1.82, 2.24) is 0 Å². The molecular weight excluding hydrogens is 402 g/mol. The molecule has 0 aliphatic rings. The van der Waals surface area contributed by atoms with Crippen molar-refractivity contribution < 1.29 is 19.1 Å². The average Bonchev–Trinajstić information content (AvgIpc) is 3.23. The molecule has 1 unspecified atom stereocenters. The maximum absolute atomic E-state index is 12.2. The Bertz CT molecular complexity index is 1280. The Hall–Kier alpha value is -4.04. The van der Waals surface area contributed by atoms with Crippen LogP contribution in [0.3, 0.4) is 0 Å². The van der Waals surface area contributed by atoms with Crippen LogP contribution in [0.15, 0.2) is 77.4 Å². The maximum atomic E-state index is 12.2. The normalized spacial score (nSPS) is 11.8. The monoisotopic (exact) mass is 425 g/mol. The first-order valence-electron chi connectivity index (χ1n) is 10.4. The van der Waals surface area contributed by atoms with Gasteiger partial charge in [0.25, 0.3) is 0 Å². The fourth-order valence-corrected chi connectivity index (χ4v) is 4.06. The molecule has 0 saturated heterocycles. The van der Waals surface area contributed by atoms with Gasteiger partial charge in [0.05, 0.1) is 30.9 Å². The Morgan fingerprint density at radius 2 is 1.91 bits per heavy atom. The number of nitrogens with zero attached hydrogens (tertiary/aromatic N) is 1. The highest BCUT2D eigenvalue weighted by atomic mass is 16.5. The zero-order valence-corrected chi connectivity index (χ0v) is 17.7. The SMILES string of the molecule is COc1ccc(CCc2occ3cc(C#N)ccc23)c(C(Cc2ccccc2)C(=O)O)c1. The zero-order chi connectivity index (χ0) is 22.5. The number of fused-ring (bicyclic) bond motifs is 1. The second kappa shape index (κ2) is 9.40. The first-order chi connectivity index (χ1) is 15.6. The van der Waals surface area contributed by atoms with Gasteiger partial charge < -0.3 is 14.3 Å². The average molecular weight is 425 g/mol. The third-order valence-electron chi connectivity index (χ3n) is 5.74. The number of carbonyl (C=O) groups is 1. The first-order valence-corrected chi connectivity index (χ1v) is 10.4. The van der Waals surface area contributed by atoms with E-state index in [1.54, 1.807) is 19.4 Å². The third-order valence-corrected chi connectivity index (χ3v) is 5.74. The molecule has 4 rings (SSSR count). The molecule has 0 aliphatic carbocycles. The van der Waals surface area contributed by atoms with Crippen molar-refractivity contribution in [3.8, 4) is 11.8 Å². The third kappa shape index (κ3) is 4.50. The standard InChI is InChI=1S/C27H23NO4/c1-31-22-10-8-20(9-12-26-23-11-7-19(16-28)13-21(23)17-32-26)24(15-22)25(27(29)30)14-18-5-3-2-4-6-18/h2-8,10-11,13,15,17,25H,9,12,14H2,1H3,(H,29,30). The van der Waals surface area contributed by atoms with Gasteiger partial charge >= 0.3 is 5.97 Å². The summed E-state index contributed by atoms with van der Waals surface area (Å²) >= 11 is 0. The van der Waals surface area contributed by atoms with Crippen molar-refractivity contribution in [2.75, 3.05) is 7.11 Å². The highest BCUT2D eigenvalue weighted by Crippen LogP contribution is 2.30. The number of hydrogen-bond acceptors (Lipinski definition) is 4. The molecule has 1 aromatic heterocycles. The number of aryl methyl sites for hydroxylation is 2. The van der Waals surface area contributed by atoms with Crippen LogP contribution in [0.1, 0.15) is 33.9 Å². The van der Waals surface area contributed by atoms with Gasteiger partial charge in [0.2, 0.25) is 0 Å². The first kappa shape index (κ1) is 21.2. The minimum atomic E-state index is -0.865. The quantitative estimate of drug-likeness (QED) is 0.402. The van der Waals surface area contributed by atoms with E-state index < -0.39 is 11.9 Å². The lowest BCUT2D eigenvalue weighted by Crippen LogP contribution is -2.17. The summed E-state index contributed by atoms with van der Waals surface area (Å²) < 4.78 is 11.2. The van der Waals surface area contributed by atoms with Crippen LogP contribution in [0, 0.1) is 11.3 Å². The smallest absolute Gasteiger partial charge is 0.311 e. The molecule has 0 amide bonds. The van der Waals surface area contributed by atoms with Crippen molar-refractivity contribution in [2.24, 2.45) is 0 Å². The van der Waals surface area contributed by atoms with E-state index in [1.165, 1.54) is 0 Å². The van der Waals surface area contributed by atoms with E-state index in [-0.39, 0.29) is 0 Å². The predicted molar refractivity (Wildman–Crippen MR) is 122 cm³/mol. The van der Waals surface area contributed by atoms with Crippen LogP contribution in [0.4, 0.5) is 0 Å². The Labute approximate surface area is 186 Å². The number of carboxylic acids is 1. The fourth-order valence-electron chi connectivity index (χ4n) is 4.06. The molecule has 32 heavy (non-hydrogen) atoms. The van der Waals surface area contributed by atoms with E-state index >= 15 is 0 Å². The largest absolute Gasteiger partial charge is 0.497 e. The molecular formula is C27H23NO4. The van der Waals surface area contributed by atoms with Crippen LogP contribution in [0.25, 0.3) is 10.8 Å². The molecule has 160 valence electrons. The molecule has 5 nitrogen and oxygen atoms in total. The number of benzene rings is 3. The van der Waals surface area contributed by atoms with E-state index in [4.69, 9.17) is 14.4 Å². The number of rotatable bonds is 8. The number of nitriles is 1. The van der Waals surface area contributed by atoms with Gasteiger partial charge in [-0.3, -0.25) is 4.79 Å². The number of methoxy groups -OCH3 is 1. The van der Waals surface area contributed by atoms with Gasteiger partial charge in [-0.2, -0.15) is 5.26 Å². The lowest BCUT2D eigenvalue weighted by Gasteiger charge is -2.18. The van der Waals surface area contributed by atoms with Crippen molar-refractivity contribution in [1.29, 1.82) is 5.26 Å². The van der Waals surface area contributed by atoms with Gasteiger partial charge in [0.1, 0.15) is 11.5 Å². The molecule has 0 bridgehead atoms. The van der Waals surface area contributed by atoms with Crippen molar-refractivity contribution in [3.05, 3.63) is 101 Å². The molecule has 1 atom stereocenters. The van der Waals surface area contributed by atoms with Crippen molar-refractivity contribution in [2.45, 2.75) is 25.2 Å². The maximum Gasteiger partial charge on any atom is 0.311 e. The minimum Gasteiger partial charge on any atom is -0.497 e. The molecule has 0 radical (unpaired) electrons. The molecule has 1 heterocycles. The summed E-state index contributed by atoms with van der Waals surface area (Å²) in [6.07, 6.45) is 3.31. The summed E-state index contributed by atoms with van der Waals surface area (Å²) in [5, 5.41) is 21.0. The Morgan fingerprint density at radius 1 is 1.09 bits per heavy atom. The van der Waals surface area contributed by atoms with Crippen LogP contribution < -0.4 is 4.74 Å². The Balaban J connectivity index is 1.64. The summed E-state index contributed by atoms with van der Waals surface area (Å²) in [5.41, 5.74) is 3.27. The fraction of sp³-hybridized carbons (Fsp3) is 0.185. The summed E-state index contributed by atoms with van der Waals surface area (Å²) in [5.74, 6) is -0.0957. The summed E-state index contributed by atoms with van der Waals surface area (Å²) in [6.45, 7) is 0. The van der Waals surface area contributed by atoms with Crippen molar-refractivity contribution >= 4 is 16.7 Å². The molecule has 0 aliphatic heterocycles. The molecule has 5 heteroatoms. The number of hydrogen-bond donors (Lipinski definition) is 1. The molecule has 0 fully saturated rings. The van der Waals surface area contributed by atoms with E-state index in [0.29, 0.717) is 30.6 Å². The van der Waals surface area contributed by atoms with Gasteiger partial charge in [0, 0.05) is 17.2 Å². The topological polar surface area (TPSA) is 83.5 Å². The second-order valence-corrected chi connectivity index (χ2v) is 7.72. The molecule has 0 saturated carbocycles. The van der Waals surface area contributed by atoms with E-state index in [0.717, 1.165) is 33.2 Å². The van der Waals surface area contributed by atoms with E-state index in [9.17, 15) is 9.90 Å². The van der Waals surface area contributed by atoms with Crippen LogP contribution >= 0.6 is 0 Å². The Kier molecular flexibility index (Phi) is 6.23. The van der Waals surface area contributed by atoms with Crippen LogP contribution in [-0.4, -0.2) is 18.2 Å². The molecule has 4 aromatic rings. The van der Waals surface area contributed by atoms with Gasteiger partial charge in [0.15, 0.2) is 0 Å². The summed E-state index contributed by atoms with van der Waals surface area (Å²) in [4.78, 5) is 12.2. The highest BCUT2D eigenvalue weighted by Gasteiger charge is 2.24. The number of furan rings is 1.